The molecule has 122 valence electrons. The van der Waals surface area contributed by atoms with Gasteiger partial charge in [0.05, 0.1) is 11.3 Å². The van der Waals surface area contributed by atoms with Crippen molar-refractivity contribution >= 4 is 23.4 Å². The molecule has 1 aromatic carbocycles. The number of hydrogen-bond acceptors (Lipinski definition) is 5. The maximum absolute atomic E-state index is 11.4. The van der Waals surface area contributed by atoms with Gasteiger partial charge in [-0.3, -0.25) is 0 Å². The second-order valence-corrected chi connectivity index (χ2v) is 6.48. The van der Waals surface area contributed by atoms with Crippen LogP contribution >= 0.6 is 11.8 Å². The van der Waals surface area contributed by atoms with Gasteiger partial charge in [-0.1, -0.05) is 11.8 Å². The van der Waals surface area contributed by atoms with Gasteiger partial charge in [0.1, 0.15) is 6.23 Å². The van der Waals surface area contributed by atoms with E-state index in [0.717, 1.165) is 29.3 Å². The zero-order chi connectivity index (χ0) is 16.2. The number of aromatic carboxylic acids is 1. The van der Waals surface area contributed by atoms with Crippen LogP contribution in [-0.2, 0) is 11.8 Å². The summed E-state index contributed by atoms with van der Waals surface area (Å²) in [5.74, 6) is -0.947. The smallest absolute Gasteiger partial charge is 0.337 e. The molecule has 1 unspecified atom stereocenters. The standard InChI is InChI=1S/C16H19N3O3S/c1-19-8-7-17-16(19)23-11-5-6-12(15(20)21)13(10-11)18-14-4-2-3-9-22-14/h5-8,10,14,18H,2-4,9H2,1H3,(H,20,21). The van der Waals surface area contributed by atoms with Crippen LogP contribution in [0.25, 0.3) is 0 Å². The summed E-state index contributed by atoms with van der Waals surface area (Å²) < 4.78 is 7.58. The molecule has 2 heterocycles. The van der Waals surface area contributed by atoms with Crippen LogP contribution in [0.1, 0.15) is 29.6 Å². The number of carbonyl (C=O) groups is 1. The highest BCUT2D eigenvalue weighted by atomic mass is 32.2. The van der Waals surface area contributed by atoms with Gasteiger partial charge >= 0.3 is 5.97 Å². The van der Waals surface area contributed by atoms with E-state index in [4.69, 9.17) is 4.74 Å². The van der Waals surface area contributed by atoms with Crippen molar-refractivity contribution in [1.29, 1.82) is 0 Å². The number of ether oxygens (including phenoxy) is 1. The highest BCUT2D eigenvalue weighted by Gasteiger charge is 2.18. The summed E-state index contributed by atoms with van der Waals surface area (Å²) in [6, 6.07) is 5.27. The van der Waals surface area contributed by atoms with E-state index < -0.39 is 5.97 Å². The van der Waals surface area contributed by atoms with Crippen LogP contribution < -0.4 is 5.32 Å². The minimum Gasteiger partial charge on any atom is -0.478 e. The Bertz CT molecular complexity index is 696. The first-order valence-electron chi connectivity index (χ1n) is 7.54. The number of carboxylic acid groups (broad SMARTS) is 1. The molecule has 1 fully saturated rings. The lowest BCUT2D eigenvalue weighted by Crippen LogP contribution is -2.28. The molecule has 0 bridgehead atoms. The van der Waals surface area contributed by atoms with Crippen molar-refractivity contribution in [2.24, 2.45) is 7.05 Å². The second-order valence-electron chi connectivity index (χ2n) is 5.43. The van der Waals surface area contributed by atoms with Gasteiger partial charge in [-0.05, 0) is 37.5 Å². The molecule has 0 spiro atoms. The van der Waals surface area contributed by atoms with Crippen molar-refractivity contribution in [2.75, 3.05) is 11.9 Å². The van der Waals surface area contributed by atoms with Gasteiger partial charge in [-0.2, -0.15) is 0 Å². The maximum atomic E-state index is 11.4. The van der Waals surface area contributed by atoms with Gasteiger partial charge in [0, 0.05) is 30.9 Å². The first-order valence-corrected chi connectivity index (χ1v) is 8.36. The molecule has 2 aromatic rings. The fraction of sp³-hybridized carbons (Fsp3) is 0.375. The summed E-state index contributed by atoms with van der Waals surface area (Å²) >= 11 is 1.50. The number of carboxylic acids is 1. The van der Waals surface area contributed by atoms with E-state index in [-0.39, 0.29) is 11.8 Å². The third-order valence-electron chi connectivity index (χ3n) is 3.70. The molecule has 23 heavy (non-hydrogen) atoms. The van der Waals surface area contributed by atoms with E-state index >= 15 is 0 Å². The Balaban J connectivity index is 1.83. The van der Waals surface area contributed by atoms with Crippen LogP contribution in [0.5, 0.6) is 0 Å². The number of nitrogens with one attached hydrogen (secondary N) is 1. The summed E-state index contributed by atoms with van der Waals surface area (Å²) in [5, 5.41) is 13.5. The topological polar surface area (TPSA) is 76.4 Å². The van der Waals surface area contributed by atoms with Crippen molar-refractivity contribution in [3.63, 3.8) is 0 Å². The monoisotopic (exact) mass is 333 g/mol. The first-order chi connectivity index (χ1) is 11.1. The molecule has 7 heteroatoms. The minimum absolute atomic E-state index is 0.129. The molecule has 0 saturated carbocycles. The number of anilines is 1. The highest BCUT2D eigenvalue weighted by molar-refractivity contribution is 7.99. The zero-order valence-electron chi connectivity index (χ0n) is 12.9. The predicted octanol–water partition coefficient (Wildman–Crippen LogP) is 3.21. The molecule has 0 radical (unpaired) electrons. The lowest BCUT2D eigenvalue weighted by atomic mass is 10.1. The Morgan fingerprint density at radius 1 is 1.48 bits per heavy atom. The molecule has 2 N–H and O–H groups in total. The fourth-order valence-electron chi connectivity index (χ4n) is 2.48. The lowest BCUT2D eigenvalue weighted by molar-refractivity contribution is 0.0342. The summed E-state index contributed by atoms with van der Waals surface area (Å²) in [7, 11) is 1.93. The third-order valence-corrected chi connectivity index (χ3v) is 4.77. The fourth-order valence-corrected chi connectivity index (χ4v) is 3.32. The number of rotatable bonds is 5. The summed E-state index contributed by atoms with van der Waals surface area (Å²) in [4.78, 5) is 16.7. The Kier molecular flexibility index (Phi) is 4.88. The molecule has 1 aliphatic rings. The molecule has 0 amide bonds. The minimum atomic E-state index is -0.947. The number of aromatic nitrogens is 2. The van der Waals surface area contributed by atoms with Gasteiger partial charge in [0.15, 0.2) is 5.16 Å². The van der Waals surface area contributed by atoms with Crippen molar-refractivity contribution in [3.8, 4) is 0 Å². The number of aryl methyl sites for hydroxylation is 1. The molecule has 1 aromatic heterocycles. The van der Waals surface area contributed by atoms with Gasteiger partial charge < -0.3 is 19.7 Å². The van der Waals surface area contributed by atoms with Gasteiger partial charge in [0.25, 0.3) is 0 Å². The molecule has 3 rings (SSSR count). The van der Waals surface area contributed by atoms with E-state index in [0.29, 0.717) is 12.3 Å². The summed E-state index contributed by atoms with van der Waals surface area (Å²) in [5.41, 5.74) is 0.840. The van der Waals surface area contributed by atoms with E-state index in [9.17, 15) is 9.90 Å². The largest absolute Gasteiger partial charge is 0.478 e. The van der Waals surface area contributed by atoms with Crippen LogP contribution in [0.3, 0.4) is 0 Å². The Morgan fingerprint density at radius 2 is 2.35 bits per heavy atom. The Hall–Kier alpha value is -1.99. The maximum Gasteiger partial charge on any atom is 0.337 e. The van der Waals surface area contributed by atoms with Crippen molar-refractivity contribution in [2.45, 2.75) is 35.5 Å². The van der Waals surface area contributed by atoms with Crippen molar-refractivity contribution in [3.05, 3.63) is 36.2 Å². The van der Waals surface area contributed by atoms with Crippen LogP contribution in [0.2, 0.25) is 0 Å². The molecule has 1 atom stereocenters. The number of imidazole rings is 1. The van der Waals surface area contributed by atoms with Gasteiger partial charge in [-0.25, -0.2) is 9.78 Å². The Morgan fingerprint density at radius 3 is 3.00 bits per heavy atom. The van der Waals surface area contributed by atoms with Gasteiger partial charge in [-0.15, -0.1) is 0 Å². The lowest BCUT2D eigenvalue weighted by Gasteiger charge is -2.25. The van der Waals surface area contributed by atoms with Crippen LogP contribution in [0.4, 0.5) is 5.69 Å². The van der Waals surface area contributed by atoms with Gasteiger partial charge in [0.2, 0.25) is 0 Å². The molecule has 6 nitrogen and oxygen atoms in total. The van der Waals surface area contributed by atoms with Crippen LogP contribution in [0, 0.1) is 0 Å². The summed E-state index contributed by atoms with van der Waals surface area (Å²) in [6.45, 7) is 0.710. The zero-order valence-corrected chi connectivity index (χ0v) is 13.7. The van der Waals surface area contributed by atoms with E-state index in [1.54, 1.807) is 18.3 Å². The molecule has 0 aliphatic carbocycles. The molecular formula is C16H19N3O3S. The summed E-state index contributed by atoms with van der Waals surface area (Å²) in [6.07, 6.45) is 6.51. The van der Waals surface area contributed by atoms with E-state index in [1.165, 1.54) is 11.8 Å². The normalized spacial score (nSPS) is 17.9. The average Bonchev–Trinajstić information content (AvgIpc) is 2.93. The molecule has 1 aliphatic heterocycles. The first kappa shape index (κ1) is 15.9. The third kappa shape index (κ3) is 3.86. The number of nitrogens with zero attached hydrogens (tertiary/aromatic N) is 2. The van der Waals surface area contributed by atoms with Crippen LogP contribution in [-0.4, -0.2) is 33.5 Å². The van der Waals surface area contributed by atoms with Crippen LogP contribution in [0.15, 0.2) is 40.6 Å². The van der Waals surface area contributed by atoms with E-state index in [1.807, 2.05) is 23.9 Å². The van der Waals surface area contributed by atoms with Crippen molar-refractivity contribution < 1.29 is 14.6 Å². The quantitative estimate of drug-likeness (QED) is 0.875. The molecule has 1 saturated heterocycles. The van der Waals surface area contributed by atoms with E-state index in [2.05, 4.69) is 10.3 Å². The SMILES string of the molecule is Cn1ccnc1Sc1ccc(C(=O)O)c(NC2CCCCO2)c1. The highest BCUT2D eigenvalue weighted by Crippen LogP contribution is 2.31. The predicted molar refractivity (Wildman–Crippen MR) is 87.9 cm³/mol. The Labute approximate surface area is 138 Å². The number of benzene rings is 1. The average molecular weight is 333 g/mol. The number of hydrogen-bond donors (Lipinski definition) is 2. The second kappa shape index (κ2) is 7.06. The molecular weight excluding hydrogens is 314 g/mol. The van der Waals surface area contributed by atoms with Crippen molar-refractivity contribution in [1.82, 2.24) is 9.55 Å².